The number of rotatable bonds is 6. The van der Waals surface area contributed by atoms with E-state index in [1.165, 1.54) is 4.90 Å². The summed E-state index contributed by atoms with van der Waals surface area (Å²) in [6.45, 7) is 3.99. The molecule has 22 heavy (non-hydrogen) atoms. The molecule has 0 unspecified atom stereocenters. The van der Waals surface area contributed by atoms with Crippen LogP contribution in [-0.4, -0.2) is 66.6 Å². The third kappa shape index (κ3) is 4.61. The van der Waals surface area contributed by atoms with E-state index in [1.807, 2.05) is 0 Å². The van der Waals surface area contributed by atoms with Crippen molar-refractivity contribution in [2.45, 2.75) is 6.42 Å². The monoisotopic (exact) mass is 326 g/mol. The molecule has 1 fully saturated rings. The van der Waals surface area contributed by atoms with Gasteiger partial charge in [0.1, 0.15) is 12.0 Å². The van der Waals surface area contributed by atoms with Gasteiger partial charge in [-0.25, -0.2) is 4.79 Å². The molecule has 6 nitrogen and oxygen atoms in total. The van der Waals surface area contributed by atoms with Gasteiger partial charge in [-0.05, 0) is 24.6 Å². The predicted molar refractivity (Wildman–Crippen MR) is 83.0 cm³/mol. The van der Waals surface area contributed by atoms with Gasteiger partial charge in [0.15, 0.2) is 0 Å². The summed E-state index contributed by atoms with van der Waals surface area (Å²) in [6, 6.07) is 4.94. The lowest BCUT2D eigenvalue weighted by Gasteiger charge is -2.32. The van der Waals surface area contributed by atoms with E-state index in [0.717, 1.165) is 32.3 Å². The first-order valence-corrected chi connectivity index (χ1v) is 7.55. The van der Waals surface area contributed by atoms with Crippen LogP contribution in [0.3, 0.4) is 0 Å². The van der Waals surface area contributed by atoms with Crippen LogP contribution in [0.4, 0.5) is 4.79 Å². The molecule has 1 N–H and O–H groups in total. The fraction of sp³-hybridized carbons (Fsp3) is 0.467. The van der Waals surface area contributed by atoms with Crippen molar-refractivity contribution in [1.29, 1.82) is 0 Å². The molecule has 0 aliphatic carbocycles. The Labute approximate surface area is 134 Å². The Morgan fingerprint density at radius 3 is 2.64 bits per heavy atom. The zero-order valence-corrected chi connectivity index (χ0v) is 13.0. The summed E-state index contributed by atoms with van der Waals surface area (Å²) in [5, 5.41) is 9.31. The van der Waals surface area contributed by atoms with Crippen LogP contribution < -0.4 is 4.74 Å². The minimum Gasteiger partial charge on any atom is -0.492 e. The van der Waals surface area contributed by atoms with Crippen molar-refractivity contribution in [2.24, 2.45) is 0 Å². The Morgan fingerprint density at radius 2 is 2.05 bits per heavy atom. The molecule has 2 rings (SSSR count). The molecule has 0 spiro atoms. The number of ether oxygens (including phenoxy) is 1. The van der Waals surface area contributed by atoms with Crippen LogP contribution in [0.1, 0.15) is 16.8 Å². The summed E-state index contributed by atoms with van der Waals surface area (Å²) in [6.07, 6.45) is 0.724. The van der Waals surface area contributed by atoms with E-state index in [9.17, 15) is 9.59 Å². The number of piperazine rings is 1. The van der Waals surface area contributed by atoms with E-state index < -0.39 is 6.09 Å². The largest absolute Gasteiger partial charge is 0.492 e. The molecule has 1 aromatic rings. The Balaban J connectivity index is 1.67. The van der Waals surface area contributed by atoms with Gasteiger partial charge >= 0.3 is 6.09 Å². The highest BCUT2D eigenvalue weighted by Gasteiger charge is 2.19. The minimum atomic E-state index is -0.851. The summed E-state index contributed by atoms with van der Waals surface area (Å²) in [4.78, 5) is 25.1. The van der Waals surface area contributed by atoms with E-state index in [4.69, 9.17) is 21.4 Å². The molecule has 0 atom stereocenters. The third-order valence-electron chi connectivity index (χ3n) is 3.61. The molecule has 1 aromatic carbocycles. The van der Waals surface area contributed by atoms with Gasteiger partial charge in [-0.1, -0.05) is 11.6 Å². The first-order valence-electron chi connectivity index (χ1n) is 7.18. The molecule has 1 heterocycles. The summed E-state index contributed by atoms with van der Waals surface area (Å²) < 4.78 is 5.61. The highest BCUT2D eigenvalue weighted by Crippen LogP contribution is 2.25. The van der Waals surface area contributed by atoms with Crippen LogP contribution in [0.5, 0.6) is 5.75 Å². The molecule has 0 saturated carbocycles. The van der Waals surface area contributed by atoms with E-state index >= 15 is 0 Å². The van der Waals surface area contributed by atoms with Crippen LogP contribution in [-0.2, 0) is 0 Å². The summed E-state index contributed by atoms with van der Waals surface area (Å²) in [5.74, 6) is 0.572. The molecule has 0 radical (unpaired) electrons. The molecule has 120 valence electrons. The number of benzene rings is 1. The van der Waals surface area contributed by atoms with Gasteiger partial charge in [-0.3, -0.25) is 9.69 Å². The lowest BCUT2D eigenvalue weighted by molar-refractivity contribution is 0.103. The van der Waals surface area contributed by atoms with E-state index in [0.29, 0.717) is 36.0 Å². The number of carbonyl (C=O) groups is 2. The van der Waals surface area contributed by atoms with Crippen molar-refractivity contribution in [3.63, 3.8) is 0 Å². The number of hydrogen-bond donors (Lipinski definition) is 1. The maximum Gasteiger partial charge on any atom is 0.407 e. The van der Waals surface area contributed by atoms with Crippen molar-refractivity contribution < 1.29 is 19.4 Å². The molecular weight excluding hydrogens is 308 g/mol. The van der Waals surface area contributed by atoms with Crippen LogP contribution in [0.15, 0.2) is 18.2 Å². The lowest BCUT2D eigenvalue weighted by atomic mass is 10.2. The van der Waals surface area contributed by atoms with E-state index in [2.05, 4.69) is 4.90 Å². The fourth-order valence-electron chi connectivity index (χ4n) is 2.34. The second-order valence-corrected chi connectivity index (χ2v) is 5.53. The smallest absolute Gasteiger partial charge is 0.407 e. The van der Waals surface area contributed by atoms with Crippen LogP contribution >= 0.6 is 11.6 Å². The molecular formula is C15H19ClN2O4. The first kappa shape index (κ1) is 16.6. The average molecular weight is 327 g/mol. The van der Waals surface area contributed by atoms with Gasteiger partial charge in [0, 0.05) is 38.3 Å². The number of amides is 1. The van der Waals surface area contributed by atoms with Crippen LogP contribution in [0, 0.1) is 0 Å². The van der Waals surface area contributed by atoms with Crippen molar-refractivity contribution in [1.82, 2.24) is 9.80 Å². The highest BCUT2D eigenvalue weighted by molar-refractivity contribution is 6.32. The van der Waals surface area contributed by atoms with Gasteiger partial charge in [0.05, 0.1) is 11.6 Å². The minimum absolute atomic E-state index is 0.430. The number of carboxylic acid groups (broad SMARTS) is 1. The van der Waals surface area contributed by atoms with E-state index in [-0.39, 0.29) is 0 Å². The third-order valence-corrected chi connectivity index (χ3v) is 3.91. The predicted octanol–water partition coefficient (Wildman–Crippen LogP) is 2.22. The van der Waals surface area contributed by atoms with Gasteiger partial charge in [0.2, 0.25) is 0 Å². The van der Waals surface area contributed by atoms with E-state index in [1.54, 1.807) is 18.2 Å². The lowest BCUT2D eigenvalue weighted by Crippen LogP contribution is -2.48. The normalized spacial score (nSPS) is 15.6. The molecule has 1 aliphatic rings. The molecule has 0 bridgehead atoms. The number of aldehydes is 1. The van der Waals surface area contributed by atoms with Gasteiger partial charge in [-0.2, -0.15) is 0 Å². The second kappa shape index (κ2) is 8.00. The van der Waals surface area contributed by atoms with Crippen molar-refractivity contribution in [3.8, 4) is 5.75 Å². The maximum atomic E-state index is 10.8. The molecule has 1 amide bonds. The molecule has 1 aliphatic heterocycles. The Hall–Kier alpha value is -1.79. The summed E-state index contributed by atoms with van der Waals surface area (Å²) >= 11 is 6.03. The van der Waals surface area contributed by atoms with Crippen LogP contribution in [0.25, 0.3) is 0 Å². The number of nitrogens with zero attached hydrogens (tertiary/aromatic N) is 2. The van der Waals surface area contributed by atoms with Crippen LogP contribution in [0.2, 0.25) is 5.02 Å². The Kier molecular flexibility index (Phi) is 6.03. The fourth-order valence-corrected chi connectivity index (χ4v) is 2.58. The standard InChI is InChI=1S/C15H19ClN2O4/c16-13-10-12(11-19)2-3-14(13)22-9-1-4-17-5-7-18(8-6-17)15(20)21/h2-3,10-11H,1,4-9H2,(H,20,21). The number of carbonyl (C=O) groups excluding carboxylic acids is 1. The number of halogens is 1. The topological polar surface area (TPSA) is 70.1 Å². The maximum absolute atomic E-state index is 10.8. The number of hydrogen-bond acceptors (Lipinski definition) is 4. The summed E-state index contributed by atoms with van der Waals surface area (Å²) in [7, 11) is 0. The molecule has 7 heteroatoms. The molecule has 0 aromatic heterocycles. The second-order valence-electron chi connectivity index (χ2n) is 5.12. The zero-order chi connectivity index (χ0) is 15.9. The Morgan fingerprint density at radius 1 is 1.32 bits per heavy atom. The van der Waals surface area contributed by atoms with Gasteiger partial charge < -0.3 is 14.7 Å². The highest BCUT2D eigenvalue weighted by atomic mass is 35.5. The van der Waals surface area contributed by atoms with Crippen molar-refractivity contribution >= 4 is 24.0 Å². The summed E-state index contributed by atoms with van der Waals surface area (Å²) in [5.41, 5.74) is 0.522. The first-order chi connectivity index (χ1) is 10.6. The van der Waals surface area contributed by atoms with Gasteiger partial charge in [0.25, 0.3) is 0 Å². The SMILES string of the molecule is O=Cc1ccc(OCCCN2CCN(C(=O)O)CC2)c(Cl)c1. The van der Waals surface area contributed by atoms with Crippen molar-refractivity contribution in [2.75, 3.05) is 39.3 Å². The molecule has 1 saturated heterocycles. The quantitative estimate of drug-likeness (QED) is 0.641. The van der Waals surface area contributed by atoms with Gasteiger partial charge in [-0.15, -0.1) is 0 Å². The zero-order valence-electron chi connectivity index (χ0n) is 12.2. The Bertz CT molecular complexity index is 530. The van der Waals surface area contributed by atoms with Crippen molar-refractivity contribution in [3.05, 3.63) is 28.8 Å². The average Bonchev–Trinajstić information content (AvgIpc) is 2.53.